The van der Waals surface area contributed by atoms with Gasteiger partial charge >= 0.3 is 12.2 Å². The van der Waals surface area contributed by atoms with Crippen molar-refractivity contribution in [2.24, 2.45) is 0 Å². The van der Waals surface area contributed by atoms with E-state index in [2.05, 4.69) is 17.0 Å². The lowest BCUT2D eigenvalue weighted by atomic mass is 10.2. The lowest BCUT2D eigenvalue weighted by Crippen LogP contribution is -2.53. The minimum absolute atomic E-state index is 0.00602. The number of alkyl halides is 1. The van der Waals surface area contributed by atoms with Crippen LogP contribution in [0.1, 0.15) is 6.42 Å². The Morgan fingerprint density at radius 1 is 0.862 bits per heavy atom. The molecular weight excluding hydrogens is 375 g/mol. The van der Waals surface area contributed by atoms with Gasteiger partial charge in [-0.2, -0.15) is 26.3 Å². The standard InChI is InChI=1S/C18H20FN10/c19-15-11-26(5-2-20)13-29(12-15)18(9-24)25-10-17(8-23)28-4-1-3-27(14-28)16(6-21)7-22/h15-18H,1,3-5,11-14H2/q+1. The van der Waals surface area contributed by atoms with Gasteiger partial charge in [0.15, 0.2) is 12.1 Å². The normalized spacial score (nSPS) is 23.3. The summed E-state index contributed by atoms with van der Waals surface area (Å²) in [4.78, 5) is 10.5. The van der Waals surface area contributed by atoms with Gasteiger partial charge in [0, 0.05) is 26.2 Å². The summed E-state index contributed by atoms with van der Waals surface area (Å²) in [5.74, 6) is 0. The van der Waals surface area contributed by atoms with Crippen molar-refractivity contribution in [2.75, 3.05) is 46.1 Å². The Balaban J connectivity index is 2.09. The third kappa shape index (κ3) is 5.84. The van der Waals surface area contributed by atoms with Crippen molar-refractivity contribution in [3.8, 4) is 36.4 Å². The van der Waals surface area contributed by atoms with Crippen molar-refractivity contribution >= 4 is 0 Å². The summed E-state index contributed by atoms with van der Waals surface area (Å²) in [5, 5.41) is 45.9. The van der Waals surface area contributed by atoms with Crippen LogP contribution in [0.4, 0.5) is 4.39 Å². The lowest BCUT2D eigenvalue weighted by Gasteiger charge is -2.35. The molecule has 3 atom stereocenters. The summed E-state index contributed by atoms with van der Waals surface area (Å²) in [7, 11) is 0. The summed E-state index contributed by atoms with van der Waals surface area (Å²) in [6, 6.07) is 10.7. The van der Waals surface area contributed by atoms with E-state index in [-0.39, 0.29) is 33.0 Å². The maximum absolute atomic E-state index is 14.0. The van der Waals surface area contributed by atoms with Crippen molar-refractivity contribution < 1.29 is 4.39 Å². The van der Waals surface area contributed by atoms with E-state index in [1.54, 1.807) is 14.7 Å². The number of halogens is 1. The molecule has 0 bridgehead atoms. The predicted octanol–water partition coefficient (Wildman–Crippen LogP) is -0.121. The molecular formula is C18H20FN10+. The van der Waals surface area contributed by atoms with Crippen molar-refractivity contribution in [2.45, 2.75) is 30.8 Å². The van der Waals surface area contributed by atoms with Gasteiger partial charge in [-0.1, -0.05) is 0 Å². The van der Waals surface area contributed by atoms with Crippen LogP contribution < -0.4 is 0 Å². The molecule has 0 radical (unpaired) electrons. The average molecular weight is 395 g/mol. The number of hydrogen-bond donors (Lipinski definition) is 0. The van der Waals surface area contributed by atoms with Gasteiger partial charge in [0.05, 0.1) is 38.1 Å². The molecule has 2 aliphatic rings. The zero-order chi connectivity index (χ0) is 21.2. The van der Waals surface area contributed by atoms with Crippen LogP contribution in [0.3, 0.4) is 0 Å². The van der Waals surface area contributed by atoms with Crippen molar-refractivity contribution in [1.29, 1.82) is 26.3 Å². The van der Waals surface area contributed by atoms with Gasteiger partial charge in [-0.15, -0.1) is 0 Å². The maximum Gasteiger partial charge on any atom is 0.415 e. The first-order valence-electron chi connectivity index (χ1n) is 9.05. The van der Waals surface area contributed by atoms with Gasteiger partial charge in [-0.05, 0) is 11.3 Å². The molecule has 0 N–H and O–H groups in total. The van der Waals surface area contributed by atoms with E-state index in [4.69, 9.17) is 15.8 Å². The van der Waals surface area contributed by atoms with Crippen molar-refractivity contribution in [3.63, 3.8) is 0 Å². The summed E-state index contributed by atoms with van der Waals surface area (Å²) in [5.41, 5.74) is 0. The Morgan fingerprint density at radius 3 is 2.10 bits per heavy atom. The van der Waals surface area contributed by atoms with E-state index in [1.807, 2.05) is 24.3 Å². The van der Waals surface area contributed by atoms with Gasteiger partial charge in [0.2, 0.25) is 6.04 Å². The molecule has 0 aromatic carbocycles. The van der Waals surface area contributed by atoms with Crippen LogP contribution in [-0.4, -0.2) is 90.1 Å². The highest BCUT2D eigenvalue weighted by Gasteiger charge is 2.36. The van der Waals surface area contributed by atoms with Gasteiger partial charge in [-0.25, -0.2) is 9.29 Å². The number of nitriles is 5. The highest BCUT2D eigenvalue weighted by molar-refractivity contribution is 5.17. The fourth-order valence-electron chi connectivity index (χ4n) is 3.35. The average Bonchev–Trinajstić information content (AvgIpc) is 2.72. The summed E-state index contributed by atoms with van der Waals surface area (Å²) in [6.45, 7) is 1.76. The molecule has 2 saturated heterocycles. The van der Waals surface area contributed by atoms with E-state index >= 15 is 0 Å². The molecule has 2 heterocycles. The molecule has 2 aliphatic heterocycles. The van der Waals surface area contributed by atoms with Crippen LogP contribution in [0.25, 0.3) is 4.85 Å². The second-order valence-electron chi connectivity index (χ2n) is 6.75. The molecule has 0 aliphatic carbocycles. The summed E-state index contributed by atoms with van der Waals surface area (Å²) in [6.07, 6.45) is -1.57. The third-order valence-electron chi connectivity index (χ3n) is 4.70. The van der Waals surface area contributed by atoms with E-state index in [9.17, 15) is 14.9 Å². The Kier molecular flexibility index (Phi) is 8.27. The molecule has 3 unspecified atom stereocenters. The van der Waals surface area contributed by atoms with Gasteiger partial charge in [0.1, 0.15) is 12.2 Å². The van der Waals surface area contributed by atoms with E-state index in [0.29, 0.717) is 19.5 Å². The fourth-order valence-corrected chi connectivity index (χ4v) is 3.35. The highest BCUT2D eigenvalue weighted by Crippen LogP contribution is 2.15. The summed E-state index contributed by atoms with van der Waals surface area (Å²) < 4.78 is 14.0. The molecule has 2 fully saturated rings. The number of nitrogens with zero attached hydrogens (tertiary/aromatic N) is 10. The molecule has 0 aromatic rings. The minimum Gasteiger partial charge on any atom is -0.274 e. The topological polar surface area (TPSA) is 136 Å². The zero-order valence-electron chi connectivity index (χ0n) is 15.8. The quantitative estimate of drug-likeness (QED) is 0.596. The van der Waals surface area contributed by atoms with Crippen LogP contribution in [0.15, 0.2) is 0 Å². The third-order valence-corrected chi connectivity index (χ3v) is 4.70. The zero-order valence-corrected chi connectivity index (χ0v) is 15.8. The predicted molar refractivity (Wildman–Crippen MR) is 97.6 cm³/mol. The van der Waals surface area contributed by atoms with E-state index in [0.717, 1.165) is 0 Å². The van der Waals surface area contributed by atoms with Crippen LogP contribution in [0.5, 0.6) is 0 Å². The summed E-state index contributed by atoms with van der Waals surface area (Å²) >= 11 is 0. The first-order chi connectivity index (χ1) is 14.1. The molecule has 148 valence electrons. The van der Waals surface area contributed by atoms with E-state index < -0.39 is 24.4 Å². The Labute approximate surface area is 169 Å². The van der Waals surface area contributed by atoms with Crippen LogP contribution in [-0.2, 0) is 0 Å². The molecule has 0 spiro atoms. The Hall–Kier alpha value is -3.29. The molecule has 0 amide bonds. The SMILES string of the molecule is N#CCN1CC(F)CN(C(C#N)[N+]#CC(C#N)N2CCCN(C(C#N)C#N)C2)C1. The first-order valence-corrected chi connectivity index (χ1v) is 9.05. The first kappa shape index (κ1) is 22.0. The molecule has 2 rings (SSSR count). The molecule has 10 nitrogen and oxygen atoms in total. The molecule has 0 aromatic heterocycles. The fraction of sp³-hybridized carbons (Fsp3) is 0.667. The Morgan fingerprint density at radius 2 is 1.52 bits per heavy atom. The molecule has 0 saturated carbocycles. The number of hydrogen-bond acceptors (Lipinski definition) is 9. The van der Waals surface area contributed by atoms with Gasteiger partial charge in [0.25, 0.3) is 0 Å². The number of rotatable bonds is 4. The van der Waals surface area contributed by atoms with Crippen molar-refractivity contribution in [1.82, 2.24) is 19.6 Å². The van der Waals surface area contributed by atoms with Crippen LogP contribution in [0.2, 0.25) is 0 Å². The van der Waals surface area contributed by atoms with Gasteiger partial charge < -0.3 is 0 Å². The smallest absolute Gasteiger partial charge is 0.274 e. The lowest BCUT2D eigenvalue weighted by molar-refractivity contribution is 0.0339. The molecule has 11 heteroatoms. The second kappa shape index (κ2) is 10.9. The largest absolute Gasteiger partial charge is 0.415 e. The maximum atomic E-state index is 14.0. The second-order valence-corrected chi connectivity index (χ2v) is 6.75. The van der Waals surface area contributed by atoms with E-state index in [1.165, 1.54) is 4.90 Å². The van der Waals surface area contributed by atoms with Crippen molar-refractivity contribution in [3.05, 3.63) is 4.85 Å². The highest BCUT2D eigenvalue weighted by atomic mass is 19.1. The van der Waals surface area contributed by atoms with Gasteiger partial charge in [-0.3, -0.25) is 14.7 Å². The van der Waals surface area contributed by atoms with Crippen LogP contribution in [0, 0.1) is 62.7 Å². The Bertz CT molecular complexity index is 830. The molecule has 29 heavy (non-hydrogen) atoms. The monoisotopic (exact) mass is 395 g/mol. The van der Waals surface area contributed by atoms with Crippen LogP contribution >= 0.6 is 0 Å². The minimum atomic E-state index is -1.21.